The number of hydrogen-bond acceptors (Lipinski definition) is 4. The predicted molar refractivity (Wildman–Crippen MR) is 80.2 cm³/mol. The van der Waals surface area contributed by atoms with Gasteiger partial charge in [-0.3, -0.25) is 4.79 Å². The van der Waals surface area contributed by atoms with Crippen LogP contribution in [-0.2, 0) is 13.8 Å². The highest BCUT2D eigenvalue weighted by Gasteiger charge is 2.23. The van der Waals surface area contributed by atoms with Crippen molar-refractivity contribution < 1.29 is 17.9 Å². The summed E-state index contributed by atoms with van der Waals surface area (Å²) < 4.78 is 28.4. The van der Waals surface area contributed by atoms with E-state index < -0.39 is 9.05 Å². The second kappa shape index (κ2) is 6.23. The fourth-order valence-corrected chi connectivity index (χ4v) is 3.22. The van der Waals surface area contributed by atoms with Crippen molar-refractivity contribution in [1.82, 2.24) is 5.32 Å². The molecular weight excluding hydrogens is 314 g/mol. The highest BCUT2D eigenvalue weighted by molar-refractivity contribution is 8.13. The Morgan fingerprint density at radius 2 is 2.00 bits per heavy atom. The van der Waals surface area contributed by atoms with Crippen molar-refractivity contribution in [3.05, 3.63) is 23.3 Å². The first-order valence-corrected chi connectivity index (χ1v) is 9.07. The molecule has 1 N–H and O–H groups in total. The van der Waals surface area contributed by atoms with Crippen LogP contribution in [0.3, 0.4) is 0 Å². The molecule has 0 aromatic heterocycles. The lowest BCUT2D eigenvalue weighted by atomic mass is 10.1. The summed E-state index contributed by atoms with van der Waals surface area (Å²) in [6.07, 6.45) is 2.39. The first kappa shape index (κ1) is 16.1. The summed E-state index contributed by atoms with van der Waals surface area (Å²) in [7, 11) is 1.61. The number of benzene rings is 1. The molecule has 116 valence electrons. The van der Waals surface area contributed by atoms with Gasteiger partial charge in [0, 0.05) is 16.7 Å². The molecule has 1 amide bonds. The van der Waals surface area contributed by atoms with Crippen LogP contribution in [0.5, 0.6) is 5.75 Å². The van der Waals surface area contributed by atoms with E-state index in [9.17, 15) is 13.2 Å². The monoisotopic (exact) mass is 331 g/mol. The molecule has 5 nitrogen and oxygen atoms in total. The number of carbonyl (C=O) groups is 1. The third-order valence-corrected chi connectivity index (χ3v) is 4.95. The van der Waals surface area contributed by atoms with E-state index in [2.05, 4.69) is 5.32 Å². The topological polar surface area (TPSA) is 72.5 Å². The normalized spacial score (nSPS) is 14.8. The van der Waals surface area contributed by atoms with E-state index >= 15 is 0 Å². The van der Waals surface area contributed by atoms with Gasteiger partial charge >= 0.3 is 0 Å². The number of hydrogen-bond donors (Lipinski definition) is 1. The maximum Gasteiger partial charge on any atom is 0.261 e. The van der Waals surface area contributed by atoms with Gasteiger partial charge < -0.3 is 10.1 Å². The van der Waals surface area contributed by atoms with Crippen LogP contribution in [-0.4, -0.2) is 27.0 Å². The molecular formula is C14H18ClNO4S. The molecule has 1 fully saturated rings. The average Bonchev–Trinajstić information content (AvgIpc) is 3.17. The van der Waals surface area contributed by atoms with Crippen molar-refractivity contribution >= 4 is 25.6 Å². The minimum Gasteiger partial charge on any atom is -0.493 e. The summed E-state index contributed by atoms with van der Waals surface area (Å²) in [5.41, 5.74) is 1.27. The van der Waals surface area contributed by atoms with E-state index in [-0.39, 0.29) is 23.8 Å². The van der Waals surface area contributed by atoms with Crippen LogP contribution in [0, 0.1) is 13.8 Å². The van der Waals surface area contributed by atoms with Crippen molar-refractivity contribution in [1.29, 1.82) is 0 Å². The Bertz CT molecular complexity index is 653. The lowest BCUT2D eigenvalue weighted by Gasteiger charge is -2.13. The van der Waals surface area contributed by atoms with E-state index in [1.54, 1.807) is 19.9 Å². The molecule has 0 spiro atoms. The molecule has 1 aromatic rings. The molecule has 0 atom stereocenters. The van der Waals surface area contributed by atoms with Crippen LogP contribution in [0.4, 0.5) is 0 Å². The van der Waals surface area contributed by atoms with E-state index in [4.69, 9.17) is 15.4 Å². The number of carbonyl (C=O) groups excluding carboxylic acids is 1. The minimum absolute atomic E-state index is 0.0215. The van der Waals surface area contributed by atoms with Crippen molar-refractivity contribution in [3.63, 3.8) is 0 Å². The van der Waals surface area contributed by atoms with Crippen LogP contribution in [0.2, 0.25) is 0 Å². The summed E-state index contributed by atoms with van der Waals surface area (Å²) in [5, 5.41) is 2.88. The number of nitrogens with one attached hydrogen (secondary N) is 1. The van der Waals surface area contributed by atoms with E-state index in [0.29, 0.717) is 22.9 Å². The quantitative estimate of drug-likeness (QED) is 0.812. The van der Waals surface area contributed by atoms with Gasteiger partial charge in [0.05, 0.1) is 17.9 Å². The molecule has 0 heterocycles. The van der Waals surface area contributed by atoms with Gasteiger partial charge in [-0.25, -0.2) is 8.42 Å². The number of ether oxygens (including phenoxy) is 1. The first-order chi connectivity index (χ1) is 9.79. The maximum atomic E-state index is 11.5. The van der Waals surface area contributed by atoms with Crippen molar-refractivity contribution in [2.75, 3.05) is 6.61 Å². The highest BCUT2D eigenvalue weighted by Crippen LogP contribution is 2.29. The van der Waals surface area contributed by atoms with Crippen LogP contribution in [0.25, 0.3) is 0 Å². The fourth-order valence-electron chi connectivity index (χ4n) is 1.97. The Labute approximate surface area is 129 Å². The van der Waals surface area contributed by atoms with Crippen molar-refractivity contribution in [2.45, 2.75) is 44.0 Å². The third kappa shape index (κ3) is 4.35. The number of halogens is 1. The average molecular weight is 332 g/mol. The standard InChI is InChI=1S/C14H18ClNO4S/c1-9-10(2)13(21(15,18)19)6-5-12(9)20-8-7-14(17)16-11-3-4-11/h5-6,11H,3-4,7-8H2,1-2H3,(H,16,17). The van der Waals surface area contributed by atoms with Gasteiger partial charge in [0.1, 0.15) is 5.75 Å². The molecule has 0 aliphatic heterocycles. The lowest BCUT2D eigenvalue weighted by molar-refractivity contribution is -0.121. The number of rotatable bonds is 6. The summed E-state index contributed by atoms with van der Waals surface area (Å²) in [5.74, 6) is 0.544. The second-order valence-corrected chi connectivity index (χ2v) is 7.72. The zero-order valence-electron chi connectivity index (χ0n) is 12.0. The van der Waals surface area contributed by atoms with E-state index in [0.717, 1.165) is 12.8 Å². The first-order valence-electron chi connectivity index (χ1n) is 6.76. The summed E-state index contributed by atoms with van der Waals surface area (Å²) in [4.78, 5) is 11.6. The number of amides is 1. The van der Waals surface area contributed by atoms with Gasteiger partial charge in [-0.15, -0.1) is 0 Å². The van der Waals surface area contributed by atoms with E-state index in [1.807, 2.05) is 0 Å². The van der Waals surface area contributed by atoms with Gasteiger partial charge in [-0.1, -0.05) is 0 Å². The molecule has 0 radical (unpaired) electrons. The molecule has 21 heavy (non-hydrogen) atoms. The molecule has 1 aliphatic rings. The predicted octanol–water partition coefficient (Wildman–Crippen LogP) is 2.28. The zero-order chi connectivity index (χ0) is 15.6. The Hall–Kier alpha value is -1.27. The van der Waals surface area contributed by atoms with Crippen molar-refractivity contribution in [2.24, 2.45) is 0 Å². The SMILES string of the molecule is Cc1c(OCCC(=O)NC2CC2)ccc(S(=O)(=O)Cl)c1C. The molecule has 0 bridgehead atoms. The Morgan fingerprint density at radius 1 is 1.33 bits per heavy atom. The largest absolute Gasteiger partial charge is 0.493 e. The Kier molecular flexibility index (Phi) is 4.78. The lowest BCUT2D eigenvalue weighted by Crippen LogP contribution is -2.26. The van der Waals surface area contributed by atoms with Crippen LogP contribution >= 0.6 is 10.7 Å². The summed E-state index contributed by atoms with van der Waals surface area (Å²) >= 11 is 0. The Morgan fingerprint density at radius 3 is 2.57 bits per heavy atom. The van der Waals surface area contributed by atoms with Crippen LogP contribution in [0.15, 0.2) is 17.0 Å². The molecule has 0 unspecified atom stereocenters. The molecule has 2 rings (SSSR count). The van der Waals surface area contributed by atoms with E-state index in [1.165, 1.54) is 6.07 Å². The summed E-state index contributed by atoms with van der Waals surface area (Å²) in [6.45, 7) is 3.70. The molecule has 0 saturated heterocycles. The van der Waals surface area contributed by atoms with Crippen molar-refractivity contribution in [3.8, 4) is 5.75 Å². The minimum atomic E-state index is -3.76. The summed E-state index contributed by atoms with van der Waals surface area (Å²) in [6, 6.07) is 3.33. The highest BCUT2D eigenvalue weighted by atomic mass is 35.7. The van der Waals surface area contributed by atoms with Gasteiger partial charge in [0.2, 0.25) is 5.91 Å². The smallest absolute Gasteiger partial charge is 0.261 e. The van der Waals surface area contributed by atoms with Gasteiger partial charge in [-0.2, -0.15) is 0 Å². The van der Waals surface area contributed by atoms with Crippen LogP contribution in [0.1, 0.15) is 30.4 Å². The van der Waals surface area contributed by atoms with Gasteiger partial charge in [-0.05, 0) is 49.9 Å². The molecule has 1 saturated carbocycles. The maximum absolute atomic E-state index is 11.5. The molecule has 1 aliphatic carbocycles. The Balaban J connectivity index is 1.97. The van der Waals surface area contributed by atoms with Gasteiger partial charge in [0.15, 0.2) is 0 Å². The fraction of sp³-hybridized carbons (Fsp3) is 0.500. The third-order valence-electron chi connectivity index (χ3n) is 3.48. The molecule has 1 aromatic carbocycles. The molecule has 7 heteroatoms. The van der Waals surface area contributed by atoms with Gasteiger partial charge in [0.25, 0.3) is 9.05 Å². The zero-order valence-corrected chi connectivity index (χ0v) is 13.6. The second-order valence-electron chi connectivity index (χ2n) is 5.19. The van der Waals surface area contributed by atoms with Crippen LogP contribution < -0.4 is 10.1 Å².